The van der Waals surface area contributed by atoms with Crippen LogP contribution in [0.1, 0.15) is 40.0 Å². The molecule has 0 amide bonds. The zero-order chi connectivity index (χ0) is 15.6. The molecule has 2 rings (SSSR count). The molecular weight excluding hydrogens is 315 g/mol. The molecule has 0 saturated heterocycles. The second kappa shape index (κ2) is 6.94. The maximum Gasteiger partial charge on any atom is 0.416 e. The van der Waals surface area contributed by atoms with Gasteiger partial charge >= 0.3 is 6.18 Å². The summed E-state index contributed by atoms with van der Waals surface area (Å²) in [5.74, 6) is -0.455. The summed E-state index contributed by atoms with van der Waals surface area (Å²) < 4.78 is 38.0. The molecule has 0 saturated carbocycles. The Labute approximate surface area is 132 Å². The van der Waals surface area contributed by atoms with E-state index in [-0.39, 0.29) is 24.0 Å². The van der Waals surface area contributed by atoms with Gasteiger partial charge in [0.1, 0.15) is 0 Å². The zero-order valence-corrected chi connectivity index (χ0v) is 12.5. The van der Waals surface area contributed by atoms with Crippen molar-refractivity contribution < 1.29 is 18.0 Å². The fraction of sp³-hybridized carbons (Fsp3) is 0.188. The Morgan fingerprint density at radius 2 is 1.59 bits per heavy atom. The SMILES string of the molecule is C[C@@H](N)c1cccc(C(=O)c2cccc(C(F)(F)F)c2)c1.Cl. The first kappa shape index (κ1) is 18.2. The molecule has 0 heterocycles. The molecule has 2 N–H and O–H groups in total. The largest absolute Gasteiger partial charge is 0.416 e. The van der Waals surface area contributed by atoms with Crippen molar-refractivity contribution in [1.29, 1.82) is 0 Å². The van der Waals surface area contributed by atoms with Gasteiger partial charge < -0.3 is 5.73 Å². The summed E-state index contributed by atoms with van der Waals surface area (Å²) in [6.45, 7) is 1.77. The number of carbonyl (C=O) groups excluding carboxylic acids is 1. The molecule has 0 aliphatic rings. The standard InChI is InChI=1S/C16H14F3NO.ClH/c1-10(20)11-4-2-5-12(8-11)15(21)13-6-3-7-14(9-13)16(17,18)19;/h2-10H,20H2,1H3;1H/t10-;/m1./s1. The summed E-state index contributed by atoms with van der Waals surface area (Å²) in [6.07, 6.45) is -4.47. The van der Waals surface area contributed by atoms with Gasteiger partial charge in [0.15, 0.2) is 5.78 Å². The maximum atomic E-state index is 12.7. The van der Waals surface area contributed by atoms with Crippen LogP contribution >= 0.6 is 12.4 Å². The van der Waals surface area contributed by atoms with Crippen LogP contribution in [0.25, 0.3) is 0 Å². The van der Waals surface area contributed by atoms with Gasteiger partial charge in [0.2, 0.25) is 0 Å². The number of ketones is 1. The third-order valence-electron chi connectivity index (χ3n) is 3.13. The second-order valence-electron chi connectivity index (χ2n) is 4.82. The summed E-state index contributed by atoms with van der Waals surface area (Å²) in [4.78, 5) is 12.3. The maximum absolute atomic E-state index is 12.7. The first-order chi connectivity index (χ1) is 9.79. The number of hydrogen-bond donors (Lipinski definition) is 1. The monoisotopic (exact) mass is 329 g/mol. The lowest BCUT2D eigenvalue weighted by Crippen LogP contribution is -2.09. The highest BCUT2D eigenvalue weighted by atomic mass is 35.5. The van der Waals surface area contributed by atoms with Gasteiger partial charge in [-0.3, -0.25) is 4.79 Å². The van der Waals surface area contributed by atoms with E-state index in [1.807, 2.05) is 0 Å². The molecule has 0 aliphatic heterocycles. The third kappa shape index (κ3) is 4.08. The Morgan fingerprint density at radius 3 is 2.14 bits per heavy atom. The van der Waals surface area contributed by atoms with Crippen molar-refractivity contribution in [2.24, 2.45) is 5.73 Å². The Hall–Kier alpha value is -1.85. The molecule has 0 fully saturated rings. The van der Waals surface area contributed by atoms with Crippen LogP contribution in [0.4, 0.5) is 13.2 Å². The van der Waals surface area contributed by atoms with Gasteiger partial charge in [-0.25, -0.2) is 0 Å². The van der Waals surface area contributed by atoms with Gasteiger partial charge in [-0.2, -0.15) is 13.2 Å². The summed E-state index contributed by atoms with van der Waals surface area (Å²) in [6, 6.07) is 10.8. The van der Waals surface area contributed by atoms with E-state index >= 15 is 0 Å². The van der Waals surface area contributed by atoms with Crippen molar-refractivity contribution in [3.63, 3.8) is 0 Å². The van der Waals surface area contributed by atoms with Gasteiger partial charge in [0, 0.05) is 17.2 Å². The molecule has 0 spiro atoms. The molecule has 6 heteroatoms. The van der Waals surface area contributed by atoms with Crippen molar-refractivity contribution >= 4 is 18.2 Å². The molecule has 0 aliphatic carbocycles. The van der Waals surface area contributed by atoms with E-state index < -0.39 is 17.5 Å². The van der Waals surface area contributed by atoms with E-state index in [2.05, 4.69) is 0 Å². The first-order valence-electron chi connectivity index (χ1n) is 6.36. The predicted molar refractivity (Wildman–Crippen MR) is 81.2 cm³/mol. The number of benzene rings is 2. The predicted octanol–water partition coefficient (Wildman–Crippen LogP) is 4.38. The van der Waals surface area contributed by atoms with Crippen LogP contribution < -0.4 is 5.73 Å². The van der Waals surface area contributed by atoms with E-state index in [1.54, 1.807) is 31.2 Å². The highest BCUT2D eigenvalue weighted by Gasteiger charge is 2.30. The van der Waals surface area contributed by atoms with Gasteiger partial charge in [-0.15, -0.1) is 12.4 Å². The van der Waals surface area contributed by atoms with Crippen LogP contribution in [0.2, 0.25) is 0 Å². The lowest BCUT2D eigenvalue weighted by Gasteiger charge is -2.10. The molecule has 22 heavy (non-hydrogen) atoms. The molecule has 2 nitrogen and oxygen atoms in total. The highest BCUT2D eigenvalue weighted by molar-refractivity contribution is 6.09. The molecule has 2 aromatic rings. The Bertz CT molecular complexity index is 668. The Balaban J connectivity index is 0.00000242. The van der Waals surface area contributed by atoms with Crippen molar-refractivity contribution in [3.8, 4) is 0 Å². The van der Waals surface area contributed by atoms with E-state index in [0.717, 1.165) is 17.7 Å². The van der Waals surface area contributed by atoms with Crippen LogP contribution in [0.3, 0.4) is 0 Å². The minimum atomic E-state index is -4.47. The molecular formula is C16H15ClF3NO. The van der Waals surface area contributed by atoms with Crippen molar-refractivity contribution in [1.82, 2.24) is 0 Å². The summed E-state index contributed by atoms with van der Waals surface area (Å²) >= 11 is 0. The fourth-order valence-electron chi connectivity index (χ4n) is 1.97. The fourth-order valence-corrected chi connectivity index (χ4v) is 1.97. The quantitative estimate of drug-likeness (QED) is 0.849. The Morgan fingerprint density at radius 1 is 1.05 bits per heavy atom. The van der Waals surface area contributed by atoms with Crippen molar-refractivity contribution in [3.05, 3.63) is 70.8 Å². The van der Waals surface area contributed by atoms with E-state index in [1.165, 1.54) is 12.1 Å². The van der Waals surface area contributed by atoms with E-state index in [9.17, 15) is 18.0 Å². The molecule has 0 bridgehead atoms. The number of rotatable bonds is 3. The molecule has 118 valence electrons. The normalized spacial score (nSPS) is 12.4. The topological polar surface area (TPSA) is 43.1 Å². The number of hydrogen-bond acceptors (Lipinski definition) is 2. The number of alkyl halides is 3. The first-order valence-corrected chi connectivity index (χ1v) is 6.36. The third-order valence-corrected chi connectivity index (χ3v) is 3.13. The van der Waals surface area contributed by atoms with Crippen LogP contribution in [0.5, 0.6) is 0 Å². The minimum absolute atomic E-state index is 0. The van der Waals surface area contributed by atoms with Crippen molar-refractivity contribution in [2.75, 3.05) is 0 Å². The summed E-state index contributed by atoms with van der Waals surface area (Å²) in [5, 5.41) is 0. The number of nitrogens with two attached hydrogens (primary N) is 1. The highest BCUT2D eigenvalue weighted by Crippen LogP contribution is 2.30. The molecule has 0 unspecified atom stereocenters. The van der Waals surface area contributed by atoms with Gasteiger partial charge in [0.25, 0.3) is 0 Å². The van der Waals surface area contributed by atoms with Gasteiger partial charge in [-0.1, -0.05) is 30.3 Å². The average molecular weight is 330 g/mol. The lowest BCUT2D eigenvalue weighted by molar-refractivity contribution is -0.137. The number of halogens is 4. The lowest BCUT2D eigenvalue weighted by atomic mass is 9.98. The average Bonchev–Trinajstić information content (AvgIpc) is 2.46. The minimum Gasteiger partial charge on any atom is -0.324 e. The van der Waals surface area contributed by atoms with Crippen LogP contribution in [0, 0.1) is 0 Å². The molecule has 1 atom stereocenters. The Kier molecular flexibility index (Phi) is 5.74. The molecule has 2 aromatic carbocycles. The van der Waals surface area contributed by atoms with Gasteiger partial charge in [0.05, 0.1) is 5.56 Å². The summed E-state index contributed by atoms with van der Waals surface area (Å²) in [7, 11) is 0. The molecule has 0 radical (unpaired) electrons. The van der Waals surface area contributed by atoms with E-state index in [4.69, 9.17) is 5.73 Å². The second-order valence-corrected chi connectivity index (χ2v) is 4.82. The van der Waals surface area contributed by atoms with E-state index in [0.29, 0.717) is 5.56 Å². The van der Waals surface area contributed by atoms with Crippen LogP contribution in [-0.2, 0) is 6.18 Å². The van der Waals surface area contributed by atoms with Gasteiger partial charge in [-0.05, 0) is 30.7 Å². The molecule has 0 aromatic heterocycles. The van der Waals surface area contributed by atoms with Crippen LogP contribution in [-0.4, -0.2) is 5.78 Å². The smallest absolute Gasteiger partial charge is 0.324 e. The number of carbonyl (C=O) groups is 1. The van der Waals surface area contributed by atoms with Crippen molar-refractivity contribution in [2.45, 2.75) is 19.1 Å². The summed E-state index contributed by atoms with van der Waals surface area (Å²) in [5.41, 5.74) is 5.99. The van der Waals surface area contributed by atoms with Crippen LogP contribution in [0.15, 0.2) is 48.5 Å². The zero-order valence-electron chi connectivity index (χ0n) is 11.7.